The second-order valence-electron chi connectivity index (χ2n) is 18.8. The zero-order valence-corrected chi connectivity index (χ0v) is 42.5. The molecular formula is C53H60N6O9SSi. The number of amides is 2. The number of benzene rings is 5. The summed E-state index contributed by atoms with van der Waals surface area (Å²) in [6, 6.07) is 30.3. The number of phenolic OH excluding ortho intramolecular Hbond substituents is 1. The number of fused-ring (bicyclic) bond motifs is 2. The summed E-state index contributed by atoms with van der Waals surface area (Å²) in [5, 5.41) is 18.4. The number of ether oxygens (including phenoxy) is 2. The van der Waals surface area contributed by atoms with E-state index in [0.717, 1.165) is 22.9 Å². The van der Waals surface area contributed by atoms with Crippen molar-refractivity contribution in [2.45, 2.75) is 68.1 Å². The minimum atomic E-state index is -4.18. The number of pyridine rings is 2. The van der Waals surface area contributed by atoms with Crippen molar-refractivity contribution >= 4 is 63.1 Å². The second kappa shape index (κ2) is 20.9. The van der Waals surface area contributed by atoms with Crippen LogP contribution >= 0.6 is 0 Å². The van der Waals surface area contributed by atoms with Crippen LogP contribution in [0.4, 0.5) is 11.4 Å². The summed E-state index contributed by atoms with van der Waals surface area (Å²) in [4.78, 5) is 46.9. The molecule has 17 heteroatoms. The molecule has 5 aromatic carbocycles. The molecule has 0 bridgehead atoms. The number of aromatic hydroxyl groups is 1. The highest BCUT2D eigenvalue weighted by atomic mass is 32.2. The number of likely N-dealkylation sites (N-methyl/N-ethyl adjacent to an activating group) is 1. The monoisotopic (exact) mass is 984 g/mol. The number of aryl methyl sites for hydroxylation is 1. The number of nitrogens with one attached hydrogen (secondary N) is 3. The Morgan fingerprint density at radius 2 is 1.66 bits per heavy atom. The predicted molar refractivity (Wildman–Crippen MR) is 276 cm³/mol. The van der Waals surface area contributed by atoms with Gasteiger partial charge in [0, 0.05) is 53.9 Å². The van der Waals surface area contributed by atoms with E-state index in [2.05, 4.69) is 54.5 Å². The van der Waals surface area contributed by atoms with E-state index in [1.54, 1.807) is 56.4 Å². The maximum Gasteiger partial charge on any atom is 0.253 e. The normalized spacial score (nSPS) is 12.5. The molecule has 0 aliphatic rings. The summed E-state index contributed by atoms with van der Waals surface area (Å²) < 4.78 is 46.8. The first-order valence-corrected chi connectivity index (χ1v) is 27.3. The van der Waals surface area contributed by atoms with Gasteiger partial charge in [-0.15, -0.1) is 0 Å². The number of carbonyl (C=O) groups excluding carboxylic acids is 2. The number of hydrogen-bond donors (Lipinski definition) is 5. The van der Waals surface area contributed by atoms with Gasteiger partial charge in [0.15, 0.2) is 8.32 Å². The van der Waals surface area contributed by atoms with Crippen molar-refractivity contribution in [1.82, 2.24) is 20.2 Å². The van der Waals surface area contributed by atoms with Crippen LogP contribution in [0.15, 0.2) is 130 Å². The smallest absolute Gasteiger partial charge is 0.253 e. The van der Waals surface area contributed by atoms with Crippen molar-refractivity contribution in [2.75, 3.05) is 45.7 Å². The minimum Gasteiger partial charge on any atom is -0.506 e. The van der Waals surface area contributed by atoms with E-state index in [9.17, 15) is 27.9 Å². The summed E-state index contributed by atoms with van der Waals surface area (Å²) >= 11 is 0. The molecule has 6 N–H and O–H groups in total. The number of H-pyrrole nitrogens is 1. The Bertz CT molecular complexity index is 3250. The Morgan fingerprint density at radius 3 is 2.37 bits per heavy atom. The molecule has 1 atom stereocenters. The Morgan fingerprint density at radius 1 is 0.914 bits per heavy atom. The Kier molecular flexibility index (Phi) is 15.2. The topological polar surface area (TPSA) is 215 Å². The molecule has 70 heavy (non-hydrogen) atoms. The molecule has 366 valence electrons. The molecule has 15 nitrogen and oxygen atoms in total. The maximum absolute atomic E-state index is 14.3. The Balaban J connectivity index is 0.967. The van der Waals surface area contributed by atoms with Crippen LogP contribution in [-0.2, 0) is 20.7 Å². The highest BCUT2D eigenvalue weighted by Crippen LogP contribution is 2.41. The number of nitrogens with zero attached hydrogens (tertiary/aromatic N) is 2. The lowest BCUT2D eigenvalue weighted by molar-refractivity contribution is 0.0773. The minimum absolute atomic E-state index is 0.00646. The number of sulfone groups is 1. The number of carbonyl (C=O) groups is 2. The standard InChI is InChI=1S/C53H60N6O9SSi/c1-33-27-40(30-43-48(33)56-31-44(51(54)62)49(43)57-36-12-10-13-38(29-36)66-6)69(64,65)39-14-9-11-35(28-39)52(63)59(5)25-26-67-37-17-15-34(16-18-37)23-24-55-32-46(68-70(7,8)53(2,3)4)41-19-21-45(60)50-42(41)20-22-47(61)58-50/h9-22,27-31,46,55,60H,23-26,32H2,1-8H3,(H2,54,62)(H,56,57)(H,58,61)/t46-/m0/s1. The van der Waals surface area contributed by atoms with Crippen LogP contribution in [0.25, 0.3) is 21.8 Å². The van der Waals surface area contributed by atoms with Crippen LogP contribution in [-0.4, -0.2) is 88.9 Å². The van der Waals surface area contributed by atoms with E-state index in [1.165, 1.54) is 54.6 Å². The summed E-state index contributed by atoms with van der Waals surface area (Å²) in [5.41, 5.74) is 9.98. The third-order valence-electron chi connectivity index (χ3n) is 12.8. The summed E-state index contributed by atoms with van der Waals surface area (Å²) in [5.74, 6) is 0.0803. The van der Waals surface area contributed by atoms with Gasteiger partial charge in [0.2, 0.25) is 15.4 Å². The van der Waals surface area contributed by atoms with E-state index < -0.39 is 24.1 Å². The highest BCUT2D eigenvalue weighted by Gasteiger charge is 2.40. The molecule has 7 rings (SSSR count). The van der Waals surface area contributed by atoms with E-state index in [0.29, 0.717) is 57.9 Å². The van der Waals surface area contributed by atoms with Crippen LogP contribution in [0, 0.1) is 6.92 Å². The fraction of sp³-hybridized carbons (Fsp3) is 0.283. The molecular weight excluding hydrogens is 925 g/mol. The summed E-state index contributed by atoms with van der Waals surface area (Å²) in [7, 11) is -3.25. The molecule has 2 amide bonds. The van der Waals surface area contributed by atoms with Crippen LogP contribution in [0.5, 0.6) is 17.2 Å². The van der Waals surface area contributed by atoms with Crippen molar-refractivity contribution in [3.63, 3.8) is 0 Å². The van der Waals surface area contributed by atoms with Gasteiger partial charge in [-0.1, -0.05) is 51.1 Å². The van der Waals surface area contributed by atoms with E-state index in [-0.39, 0.29) is 62.4 Å². The molecule has 0 saturated heterocycles. The molecule has 0 saturated carbocycles. The molecule has 2 aromatic heterocycles. The predicted octanol–water partition coefficient (Wildman–Crippen LogP) is 8.82. The van der Waals surface area contributed by atoms with Gasteiger partial charge in [-0.05, 0) is 121 Å². The van der Waals surface area contributed by atoms with Crippen molar-refractivity contribution in [1.29, 1.82) is 0 Å². The highest BCUT2D eigenvalue weighted by molar-refractivity contribution is 7.91. The van der Waals surface area contributed by atoms with Gasteiger partial charge >= 0.3 is 0 Å². The van der Waals surface area contributed by atoms with Crippen LogP contribution in [0.1, 0.15) is 64.3 Å². The third-order valence-corrected chi connectivity index (χ3v) is 19.0. The van der Waals surface area contributed by atoms with Gasteiger partial charge in [0.05, 0.1) is 51.8 Å². The number of nitrogens with two attached hydrogens (primary N) is 1. The number of hydrogen-bond acceptors (Lipinski definition) is 12. The van der Waals surface area contributed by atoms with Crippen LogP contribution in [0.2, 0.25) is 18.1 Å². The lowest BCUT2D eigenvalue weighted by Gasteiger charge is -2.39. The maximum atomic E-state index is 14.3. The number of phenols is 1. The quantitative estimate of drug-likeness (QED) is 0.0380. The average Bonchev–Trinajstić information content (AvgIpc) is 3.32. The number of primary amides is 1. The molecule has 0 spiro atoms. The Labute approximate surface area is 409 Å². The van der Waals surface area contributed by atoms with Gasteiger partial charge in [-0.2, -0.15) is 0 Å². The fourth-order valence-electron chi connectivity index (χ4n) is 7.83. The Hall–Kier alpha value is -7.05. The van der Waals surface area contributed by atoms with Crippen molar-refractivity contribution < 1.29 is 37.0 Å². The lowest BCUT2D eigenvalue weighted by atomic mass is 10.0. The van der Waals surface area contributed by atoms with Crippen molar-refractivity contribution in [2.24, 2.45) is 5.73 Å². The number of rotatable bonds is 19. The molecule has 0 aliphatic carbocycles. The fourth-order valence-corrected chi connectivity index (χ4v) is 10.5. The molecule has 7 aromatic rings. The molecule has 0 fully saturated rings. The van der Waals surface area contributed by atoms with Crippen LogP contribution in [0.3, 0.4) is 0 Å². The first-order chi connectivity index (χ1) is 33.2. The van der Waals surface area contributed by atoms with Crippen LogP contribution < -0.4 is 31.4 Å². The van der Waals surface area contributed by atoms with E-state index >= 15 is 0 Å². The summed E-state index contributed by atoms with van der Waals surface area (Å²) in [6.45, 7) is 14.3. The average molecular weight is 985 g/mol. The lowest BCUT2D eigenvalue weighted by Crippen LogP contribution is -2.43. The zero-order valence-electron chi connectivity index (χ0n) is 40.7. The van der Waals surface area contributed by atoms with Gasteiger partial charge < -0.3 is 45.3 Å². The first-order valence-electron chi connectivity index (χ1n) is 22.9. The van der Waals surface area contributed by atoms with E-state index in [4.69, 9.17) is 19.6 Å². The molecule has 0 aliphatic heterocycles. The largest absolute Gasteiger partial charge is 0.506 e. The van der Waals surface area contributed by atoms with Crippen molar-refractivity contribution in [3.8, 4) is 17.2 Å². The van der Waals surface area contributed by atoms with E-state index in [1.807, 2.05) is 30.3 Å². The first kappa shape index (κ1) is 50.8. The number of aromatic amines is 1. The number of aromatic nitrogens is 2. The number of anilines is 2. The SMILES string of the molecule is COc1cccc(Nc2c(C(N)=O)cnc3c(C)cc(S(=O)(=O)c4cccc(C(=O)N(C)CCOc5ccc(CCNC[C@H](O[Si](C)(C)C(C)(C)C)c6ccc(O)c7[nH]c(=O)ccc67)cc5)c4)cc23)c1. The second-order valence-corrected chi connectivity index (χ2v) is 25.5. The molecule has 0 radical (unpaired) electrons. The van der Waals surface area contributed by atoms with Gasteiger partial charge in [-0.25, -0.2) is 8.42 Å². The van der Waals surface area contributed by atoms with Gasteiger partial charge in [0.1, 0.15) is 23.9 Å². The number of methoxy groups -OCH3 is 1. The van der Waals surface area contributed by atoms with Gasteiger partial charge in [-0.3, -0.25) is 19.4 Å². The molecule has 0 unspecified atom stereocenters. The molecule has 2 heterocycles. The van der Waals surface area contributed by atoms with Gasteiger partial charge in [0.25, 0.3) is 11.8 Å². The summed E-state index contributed by atoms with van der Waals surface area (Å²) in [6.07, 6.45) is 1.77. The zero-order chi connectivity index (χ0) is 50.5. The van der Waals surface area contributed by atoms with Crippen molar-refractivity contribution in [3.05, 3.63) is 154 Å². The third kappa shape index (κ3) is 11.3.